The van der Waals surface area contributed by atoms with Crippen LogP contribution in [0, 0.1) is 5.92 Å². The van der Waals surface area contributed by atoms with Gasteiger partial charge in [0.25, 0.3) is 0 Å². The first kappa shape index (κ1) is 9.74. The summed E-state index contributed by atoms with van der Waals surface area (Å²) in [6, 6.07) is 0. The molecule has 1 atom stereocenters. The number of hydrogen-bond acceptors (Lipinski definition) is 0. The molecule has 0 saturated heterocycles. The first-order valence-corrected chi connectivity index (χ1v) is 4.47. The number of allylic oxidation sites excluding steroid dienone is 2. The number of unbranched alkanes of at least 4 members (excludes halogenated alkanes) is 1. The molecule has 0 aliphatic heterocycles. The summed E-state index contributed by atoms with van der Waals surface area (Å²) in [4.78, 5) is 0. The van der Waals surface area contributed by atoms with Crippen molar-refractivity contribution in [1.29, 1.82) is 0 Å². The van der Waals surface area contributed by atoms with Gasteiger partial charge in [0, 0.05) is 0 Å². The summed E-state index contributed by atoms with van der Waals surface area (Å²) in [7, 11) is 0. The molecule has 0 aliphatic carbocycles. The van der Waals surface area contributed by atoms with Gasteiger partial charge in [-0.1, -0.05) is 45.8 Å². The van der Waals surface area contributed by atoms with E-state index >= 15 is 0 Å². The molecule has 0 rings (SSSR count). The molecule has 0 aliphatic rings. The molecular weight excluding hydrogens is 120 g/mol. The first-order chi connectivity index (χ1) is 4.81. The maximum absolute atomic E-state index is 2.33. The van der Waals surface area contributed by atoms with Crippen LogP contribution in [0.5, 0.6) is 0 Å². The zero-order chi connectivity index (χ0) is 7.82. The zero-order valence-corrected chi connectivity index (χ0v) is 7.56. The second-order valence-electron chi connectivity index (χ2n) is 2.96. The Bertz CT molecular complexity index is 82.0. The zero-order valence-electron chi connectivity index (χ0n) is 7.56. The van der Waals surface area contributed by atoms with E-state index < -0.39 is 0 Å². The van der Waals surface area contributed by atoms with Gasteiger partial charge in [0.15, 0.2) is 0 Å². The average Bonchev–Trinajstić information content (AvgIpc) is 1.97. The summed E-state index contributed by atoms with van der Waals surface area (Å²) >= 11 is 0. The minimum Gasteiger partial charge on any atom is -0.0885 e. The molecule has 0 saturated carbocycles. The van der Waals surface area contributed by atoms with Crippen molar-refractivity contribution in [2.75, 3.05) is 0 Å². The molecule has 0 nitrogen and oxygen atoms in total. The molecule has 0 heterocycles. The van der Waals surface area contributed by atoms with Crippen LogP contribution in [0.2, 0.25) is 0 Å². The Hall–Kier alpha value is -0.260. The summed E-state index contributed by atoms with van der Waals surface area (Å²) < 4.78 is 0. The molecule has 0 N–H and O–H groups in total. The summed E-state index contributed by atoms with van der Waals surface area (Å²) in [6.07, 6.45) is 9.82. The molecule has 0 aromatic carbocycles. The molecule has 0 fully saturated rings. The van der Waals surface area contributed by atoms with Crippen molar-refractivity contribution in [3.63, 3.8) is 0 Å². The predicted molar refractivity (Wildman–Crippen MR) is 48.1 cm³/mol. The van der Waals surface area contributed by atoms with Crippen molar-refractivity contribution in [2.24, 2.45) is 5.92 Å². The standard InChI is InChI=1S/C10H20/c1-4-6-8-10(3)9-7-5-2/h6,8,10H,4-5,7,9H2,1-3H3/b8-6+/t10-/m0/s1. The number of hydrogen-bond donors (Lipinski definition) is 0. The normalized spacial score (nSPS) is 14.3. The first-order valence-electron chi connectivity index (χ1n) is 4.47. The highest BCUT2D eigenvalue weighted by atomic mass is 14.0. The Morgan fingerprint density at radius 2 is 2.00 bits per heavy atom. The molecule has 0 aromatic heterocycles. The van der Waals surface area contributed by atoms with Crippen LogP contribution >= 0.6 is 0 Å². The smallest absolute Gasteiger partial charge is 0.0262 e. The third-order valence-corrected chi connectivity index (χ3v) is 1.71. The molecule has 0 spiro atoms. The van der Waals surface area contributed by atoms with Crippen molar-refractivity contribution < 1.29 is 0 Å². The van der Waals surface area contributed by atoms with Crippen molar-refractivity contribution in [2.45, 2.75) is 46.5 Å². The van der Waals surface area contributed by atoms with Gasteiger partial charge in [-0.25, -0.2) is 0 Å². The molecule has 0 heteroatoms. The van der Waals surface area contributed by atoms with E-state index in [1.165, 1.54) is 25.7 Å². The van der Waals surface area contributed by atoms with Gasteiger partial charge in [-0.3, -0.25) is 0 Å². The maximum atomic E-state index is 2.33. The second-order valence-corrected chi connectivity index (χ2v) is 2.96. The van der Waals surface area contributed by atoms with Crippen LogP contribution in [0.4, 0.5) is 0 Å². The Kier molecular flexibility index (Phi) is 6.68. The van der Waals surface area contributed by atoms with Crippen LogP contribution in [0.1, 0.15) is 46.5 Å². The highest BCUT2D eigenvalue weighted by Gasteiger charge is 1.93. The second kappa shape index (κ2) is 6.85. The van der Waals surface area contributed by atoms with E-state index in [1.807, 2.05) is 0 Å². The molecule has 10 heavy (non-hydrogen) atoms. The van der Waals surface area contributed by atoms with Gasteiger partial charge < -0.3 is 0 Å². The van der Waals surface area contributed by atoms with Crippen LogP contribution in [0.25, 0.3) is 0 Å². The highest BCUT2D eigenvalue weighted by molar-refractivity contribution is 4.84. The fourth-order valence-electron chi connectivity index (χ4n) is 0.991. The van der Waals surface area contributed by atoms with Crippen LogP contribution in [0.3, 0.4) is 0 Å². The average molecular weight is 140 g/mol. The summed E-state index contributed by atoms with van der Waals surface area (Å²) in [6.45, 7) is 6.72. The van der Waals surface area contributed by atoms with Crippen LogP contribution in [-0.4, -0.2) is 0 Å². The van der Waals surface area contributed by atoms with E-state index in [2.05, 4.69) is 32.9 Å². The van der Waals surface area contributed by atoms with E-state index in [-0.39, 0.29) is 0 Å². The van der Waals surface area contributed by atoms with Crippen molar-refractivity contribution in [3.8, 4) is 0 Å². The van der Waals surface area contributed by atoms with E-state index in [4.69, 9.17) is 0 Å². The van der Waals surface area contributed by atoms with Gasteiger partial charge in [-0.05, 0) is 18.8 Å². The third-order valence-electron chi connectivity index (χ3n) is 1.71. The largest absolute Gasteiger partial charge is 0.0885 e. The molecule has 0 amide bonds. The van der Waals surface area contributed by atoms with Crippen molar-refractivity contribution >= 4 is 0 Å². The fourth-order valence-corrected chi connectivity index (χ4v) is 0.991. The Morgan fingerprint density at radius 3 is 2.50 bits per heavy atom. The van der Waals surface area contributed by atoms with E-state index in [9.17, 15) is 0 Å². The Labute approximate surface area is 65.3 Å². The minimum atomic E-state index is 0.792. The van der Waals surface area contributed by atoms with Gasteiger partial charge in [0.2, 0.25) is 0 Å². The monoisotopic (exact) mass is 140 g/mol. The minimum absolute atomic E-state index is 0.792. The fraction of sp³-hybridized carbons (Fsp3) is 0.800. The summed E-state index contributed by atoms with van der Waals surface area (Å²) in [5, 5.41) is 0. The van der Waals surface area contributed by atoms with Gasteiger partial charge in [0.05, 0.1) is 0 Å². The summed E-state index contributed by atoms with van der Waals surface area (Å²) in [5.74, 6) is 0.792. The topological polar surface area (TPSA) is 0 Å². The van der Waals surface area contributed by atoms with E-state index in [0.717, 1.165) is 5.92 Å². The lowest BCUT2D eigenvalue weighted by molar-refractivity contribution is 0.597. The maximum Gasteiger partial charge on any atom is -0.0262 e. The van der Waals surface area contributed by atoms with Crippen LogP contribution in [-0.2, 0) is 0 Å². The molecule has 0 bridgehead atoms. The Balaban J connectivity index is 3.24. The van der Waals surface area contributed by atoms with Crippen molar-refractivity contribution in [1.82, 2.24) is 0 Å². The Morgan fingerprint density at radius 1 is 1.30 bits per heavy atom. The molecular formula is C10H20. The predicted octanol–water partition coefficient (Wildman–Crippen LogP) is 3.78. The molecule has 0 radical (unpaired) electrons. The molecule has 60 valence electrons. The van der Waals surface area contributed by atoms with Gasteiger partial charge >= 0.3 is 0 Å². The number of rotatable bonds is 5. The quantitative estimate of drug-likeness (QED) is 0.510. The molecule has 0 unspecified atom stereocenters. The van der Waals surface area contributed by atoms with Crippen LogP contribution < -0.4 is 0 Å². The van der Waals surface area contributed by atoms with Gasteiger partial charge in [-0.2, -0.15) is 0 Å². The molecule has 0 aromatic rings. The SMILES string of the molecule is CC/C=C/[C@H](C)CCCC. The highest BCUT2D eigenvalue weighted by Crippen LogP contribution is 2.08. The van der Waals surface area contributed by atoms with Crippen LogP contribution in [0.15, 0.2) is 12.2 Å². The lowest BCUT2D eigenvalue weighted by Gasteiger charge is -2.02. The third kappa shape index (κ3) is 5.87. The summed E-state index contributed by atoms with van der Waals surface area (Å²) in [5.41, 5.74) is 0. The lowest BCUT2D eigenvalue weighted by atomic mass is 10.0. The van der Waals surface area contributed by atoms with Gasteiger partial charge in [-0.15, -0.1) is 0 Å². The van der Waals surface area contributed by atoms with Gasteiger partial charge in [0.1, 0.15) is 0 Å². The lowest BCUT2D eigenvalue weighted by Crippen LogP contribution is -1.87. The van der Waals surface area contributed by atoms with E-state index in [1.54, 1.807) is 0 Å². The van der Waals surface area contributed by atoms with E-state index in [0.29, 0.717) is 0 Å². The van der Waals surface area contributed by atoms with Crippen molar-refractivity contribution in [3.05, 3.63) is 12.2 Å².